The largest absolute Gasteiger partial charge is 0.417 e. The van der Waals surface area contributed by atoms with Crippen molar-refractivity contribution in [2.75, 3.05) is 29.2 Å². The Morgan fingerprint density at radius 3 is 2.79 bits per heavy atom. The van der Waals surface area contributed by atoms with Gasteiger partial charge in [0.25, 0.3) is 6.20 Å². The molecule has 3 rings (SSSR count). The molecule has 0 saturated carbocycles. The molecule has 29 heavy (non-hydrogen) atoms. The molecule has 2 aromatic rings. The molecule has 2 aromatic heterocycles. The first kappa shape index (κ1) is 20.9. The van der Waals surface area contributed by atoms with Gasteiger partial charge in [-0.3, -0.25) is 14.6 Å². The normalized spacial score (nSPS) is 14.5. The Bertz CT molecular complexity index is 934. The Morgan fingerprint density at radius 2 is 2.14 bits per heavy atom. The summed E-state index contributed by atoms with van der Waals surface area (Å²) in [5.41, 5.74) is -1.55. The molecule has 1 fully saturated rings. The van der Waals surface area contributed by atoms with E-state index in [1.54, 1.807) is 0 Å². The van der Waals surface area contributed by atoms with Gasteiger partial charge in [0.1, 0.15) is 11.1 Å². The summed E-state index contributed by atoms with van der Waals surface area (Å²) in [6.45, 7) is 3.06. The van der Waals surface area contributed by atoms with E-state index in [-0.39, 0.29) is 22.4 Å². The number of alkyl halides is 3. The molecular formula is C17H18F3N6O2S+. The number of hydrogen-bond donors (Lipinski definition) is 1. The highest BCUT2D eigenvalue weighted by atomic mass is 32.2. The molecule has 0 aliphatic carbocycles. The molecule has 0 atom stereocenters. The van der Waals surface area contributed by atoms with Crippen LogP contribution in [0.1, 0.15) is 36.1 Å². The number of amides is 1. The van der Waals surface area contributed by atoms with Crippen LogP contribution in [0.5, 0.6) is 0 Å². The summed E-state index contributed by atoms with van der Waals surface area (Å²) in [7, 11) is 0. The number of hydrogen-bond acceptors (Lipinski definition) is 7. The number of rotatable bonds is 5. The summed E-state index contributed by atoms with van der Waals surface area (Å²) in [5, 5.41) is 17.3. The average Bonchev–Trinajstić information content (AvgIpc) is 3.14. The van der Waals surface area contributed by atoms with Crippen molar-refractivity contribution in [3.63, 3.8) is 0 Å². The highest BCUT2D eigenvalue weighted by molar-refractivity contribution is 8.00. The highest BCUT2D eigenvalue weighted by Crippen LogP contribution is 2.35. The fraction of sp³-hybridized carbons (Fsp3) is 0.471. The number of halogens is 3. The topological polar surface area (TPSA) is 98.9 Å². The first-order chi connectivity index (χ1) is 13.8. The third kappa shape index (κ3) is 5.17. The van der Waals surface area contributed by atoms with Crippen molar-refractivity contribution in [3.05, 3.63) is 29.1 Å². The van der Waals surface area contributed by atoms with Crippen LogP contribution < -0.4 is 15.1 Å². The lowest BCUT2D eigenvalue weighted by atomic mass is 10.1. The standard InChI is InChI=1S/C17H17F3N6O2S/c1-11-7-13(17(18,19)20)12(8-21)16(22-11)29-10-14(27)23-15-9-26(24-28-15)25-5-3-2-4-6-25/h7,9H,2-6,10H2,1H3/p+1. The molecule has 12 heteroatoms. The van der Waals surface area contributed by atoms with Crippen LogP contribution in [0.3, 0.4) is 0 Å². The fourth-order valence-corrected chi connectivity index (χ4v) is 3.74. The molecule has 154 valence electrons. The van der Waals surface area contributed by atoms with Gasteiger partial charge in [-0.1, -0.05) is 11.8 Å². The molecule has 3 heterocycles. The maximum absolute atomic E-state index is 13.1. The summed E-state index contributed by atoms with van der Waals surface area (Å²) in [4.78, 5) is 17.7. The molecule has 1 N–H and O–H groups in total. The van der Waals surface area contributed by atoms with Gasteiger partial charge in [-0.15, -0.1) is 0 Å². The Balaban J connectivity index is 1.65. The fourth-order valence-electron chi connectivity index (χ4n) is 2.90. The lowest BCUT2D eigenvalue weighted by Gasteiger charge is -2.17. The number of nitriles is 1. The summed E-state index contributed by atoms with van der Waals surface area (Å²) in [5.74, 6) is -0.639. The molecule has 0 bridgehead atoms. The second kappa shape index (κ2) is 8.69. The smallest absolute Gasteiger partial charge is 0.288 e. The van der Waals surface area contributed by atoms with Crippen molar-refractivity contribution < 1.29 is 27.3 Å². The first-order valence-electron chi connectivity index (χ1n) is 8.83. The predicted molar refractivity (Wildman–Crippen MR) is 96.5 cm³/mol. The number of anilines is 1. The van der Waals surface area contributed by atoms with Crippen LogP contribution in [0.25, 0.3) is 0 Å². The summed E-state index contributed by atoms with van der Waals surface area (Å²) in [6.07, 6.45) is 0.0919. The molecule has 8 nitrogen and oxygen atoms in total. The molecule has 0 aromatic carbocycles. The summed E-state index contributed by atoms with van der Waals surface area (Å²) < 4.78 is 44.5. The minimum absolute atomic E-state index is 0.108. The van der Waals surface area contributed by atoms with Gasteiger partial charge in [0.2, 0.25) is 11.2 Å². The van der Waals surface area contributed by atoms with E-state index in [0.717, 1.165) is 50.2 Å². The number of thioether (sulfide) groups is 1. The molecular weight excluding hydrogens is 409 g/mol. The van der Waals surface area contributed by atoms with Crippen LogP contribution in [-0.2, 0) is 11.0 Å². The SMILES string of the molecule is Cc1cc(C(F)(F)F)c(C#N)c(SCC(=O)Nc2c[n+](N3CCCCC3)no2)n1. The summed E-state index contributed by atoms with van der Waals surface area (Å²) in [6, 6.07) is 2.35. The number of nitrogens with one attached hydrogen (secondary N) is 1. The van der Waals surface area contributed by atoms with Crippen molar-refractivity contribution >= 4 is 23.6 Å². The Morgan fingerprint density at radius 1 is 1.41 bits per heavy atom. The third-order valence-corrected chi connectivity index (χ3v) is 5.19. The molecule has 0 radical (unpaired) electrons. The van der Waals surface area contributed by atoms with E-state index in [2.05, 4.69) is 15.6 Å². The van der Waals surface area contributed by atoms with Crippen molar-refractivity contribution in [2.45, 2.75) is 37.4 Å². The van der Waals surface area contributed by atoms with E-state index < -0.39 is 23.2 Å². The van der Waals surface area contributed by atoms with E-state index in [1.807, 2.05) is 5.01 Å². The monoisotopic (exact) mass is 427 g/mol. The van der Waals surface area contributed by atoms with Crippen LogP contribution in [-0.4, -0.2) is 35.0 Å². The maximum Gasteiger partial charge on any atom is 0.417 e. The van der Waals surface area contributed by atoms with Gasteiger partial charge in [-0.2, -0.15) is 23.4 Å². The van der Waals surface area contributed by atoms with Gasteiger partial charge < -0.3 is 0 Å². The third-order valence-electron chi connectivity index (χ3n) is 4.21. The van der Waals surface area contributed by atoms with Crippen LogP contribution in [0, 0.1) is 18.3 Å². The minimum atomic E-state index is -4.68. The van der Waals surface area contributed by atoms with E-state index in [4.69, 9.17) is 9.78 Å². The number of carbonyl (C=O) groups is 1. The Kier molecular flexibility index (Phi) is 6.26. The van der Waals surface area contributed by atoms with E-state index >= 15 is 0 Å². The van der Waals surface area contributed by atoms with Crippen molar-refractivity contribution in [3.8, 4) is 6.07 Å². The van der Waals surface area contributed by atoms with Crippen LogP contribution >= 0.6 is 11.8 Å². The Hall–Kier alpha value is -2.81. The van der Waals surface area contributed by atoms with Crippen LogP contribution in [0.4, 0.5) is 19.1 Å². The molecule has 1 amide bonds. The van der Waals surface area contributed by atoms with E-state index in [1.165, 1.54) is 24.0 Å². The molecule has 0 spiro atoms. The zero-order chi connectivity index (χ0) is 21.0. The van der Waals surface area contributed by atoms with Gasteiger partial charge >= 0.3 is 12.1 Å². The van der Waals surface area contributed by atoms with E-state index in [9.17, 15) is 18.0 Å². The lowest BCUT2D eigenvalue weighted by molar-refractivity contribution is -0.759. The number of pyridine rings is 1. The zero-order valence-electron chi connectivity index (χ0n) is 15.5. The van der Waals surface area contributed by atoms with Crippen molar-refractivity contribution in [1.82, 2.24) is 10.3 Å². The van der Waals surface area contributed by atoms with Gasteiger partial charge in [-0.25, -0.2) is 4.98 Å². The second-order valence-electron chi connectivity index (χ2n) is 6.44. The number of piperidine rings is 1. The van der Waals surface area contributed by atoms with Crippen molar-refractivity contribution in [2.24, 2.45) is 0 Å². The lowest BCUT2D eigenvalue weighted by Crippen LogP contribution is -2.60. The van der Waals surface area contributed by atoms with Gasteiger partial charge in [0.15, 0.2) is 0 Å². The van der Waals surface area contributed by atoms with Gasteiger partial charge in [-0.05, 0) is 32.3 Å². The molecule has 1 aliphatic heterocycles. The van der Waals surface area contributed by atoms with Crippen LogP contribution in [0.15, 0.2) is 21.8 Å². The predicted octanol–water partition coefficient (Wildman–Crippen LogP) is 2.41. The summed E-state index contributed by atoms with van der Waals surface area (Å²) >= 11 is 0.753. The maximum atomic E-state index is 13.1. The van der Waals surface area contributed by atoms with E-state index in [0.29, 0.717) is 0 Å². The molecule has 1 aliphatic rings. The molecule has 1 saturated heterocycles. The number of aromatic nitrogens is 3. The Labute approximate surface area is 168 Å². The van der Waals surface area contributed by atoms with Gasteiger partial charge in [0.05, 0.1) is 34.8 Å². The highest BCUT2D eigenvalue weighted by Gasteiger charge is 2.35. The number of carbonyl (C=O) groups excluding carboxylic acids is 1. The van der Waals surface area contributed by atoms with Crippen molar-refractivity contribution in [1.29, 1.82) is 5.26 Å². The zero-order valence-corrected chi connectivity index (χ0v) is 16.3. The number of aryl methyl sites for hydroxylation is 1. The second-order valence-corrected chi connectivity index (χ2v) is 7.40. The molecule has 0 unspecified atom stereocenters. The van der Waals surface area contributed by atoms with Crippen LogP contribution in [0.2, 0.25) is 0 Å². The number of nitrogens with zero attached hydrogens (tertiary/aromatic N) is 5. The average molecular weight is 427 g/mol. The van der Waals surface area contributed by atoms with Gasteiger partial charge in [0, 0.05) is 5.69 Å². The first-order valence-corrected chi connectivity index (χ1v) is 9.82. The quantitative estimate of drug-likeness (QED) is 0.578. The minimum Gasteiger partial charge on any atom is -0.288 e.